The average Bonchev–Trinajstić information content (AvgIpc) is 2.23. The molecule has 0 aliphatic carbocycles. The van der Waals surface area contributed by atoms with Gasteiger partial charge in [0.1, 0.15) is 4.75 Å². The van der Waals surface area contributed by atoms with E-state index < -0.39 is 31.1 Å². The Morgan fingerprint density at radius 2 is 1.65 bits per heavy atom. The number of hydrogen-bond donors (Lipinski definition) is 1. The first-order valence-corrected chi connectivity index (χ1v) is 9.73. The largest absolute Gasteiger partial charge is 0.285 e. The summed E-state index contributed by atoms with van der Waals surface area (Å²) in [5, 5.41) is 0. The molecule has 0 aromatic rings. The first kappa shape index (κ1) is 19.8. The summed E-state index contributed by atoms with van der Waals surface area (Å²) in [5.41, 5.74) is 0. The standard InChI is InChI=1S/C12H26O6S2/c1-6-11(12(4,5)20(15,16)17)18-19(13,14)9-7-8-10(2)3/h10-11H,6-9H2,1-5H3,(H,15,16,17). The van der Waals surface area contributed by atoms with Gasteiger partial charge < -0.3 is 0 Å². The molecule has 0 aliphatic rings. The van der Waals surface area contributed by atoms with E-state index in [2.05, 4.69) is 0 Å². The Kier molecular flexibility index (Phi) is 7.13. The van der Waals surface area contributed by atoms with Crippen LogP contribution in [0.4, 0.5) is 0 Å². The van der Waals surface area contributed by atoms with Crippen molar-refractivity contribution in [2.75, 3.05) is 5.75 Å². The number of hydrogen-bond acceptors (Lipinski definition) is 5. The monoisotopic (exact) mass is 330 g/mol. The predicted molar refractivity (Wildman–Crippen MR) is 78.7 cm³/mol. The van der Waals surface area contributed by atoms with E-state index in [0.717, 1.165) is 6.42 Å². The Hall–Kier alpha value is -0.180. The molecule has 1 N–H and O–H groups in total. The molecule has 0 fully saturated rings. The third-order valence-corrected chi connectivity index (χ3v) is 6.16. The summed E-state index contributed by atoms with van der Waals surface area (Å²) in [4.78, 5) is 0. The van der Waals surface area contributed by atoms with E-state index in [-0.39, 0.29) is 12.2 Å². The molecule has 0 saturated heterocycles. The normalized spacial score (nSPS) is 15.6. The van der Waals surface area contributed by atoms with E-state index in [1.165, 1.54) is 13.8 Å². The second-order valence-electron chi connectivity index (χ2n) is 5.87. The summed E-state index contributed by atoms with van der Waals surface area (Å²) in [6.07, 6.45) is 0.265. The van der Waals surface area contributed by atoms with Gasteiger partial charge in [0.2, 0.25) is 0 Å². The van der Waals surface area contributed by atoms with E-state index in [1.54, 1.807) is 6.92 Å². The highest BCUT2D eigenvalue weighted by Crippen LogP contribution is 2.26. The van der Waals surface area contributed by atoms with Crippen molar-refractivity contribution in [2.45, 2.75) is 64.7 Å². The lowest BCUT2D eigenvalue weighted by molar-refractivity contribution is 0.161. The fourth-order valence-corrected chi connectivity index (χ4v) is 3.69. The molecule has 122 valence electrons. The summed E-state index contributed by atoms with van der Waals surface area (Å²) in [7, 11) is -8.22. The highest BCUT2D eigenvalue weighted by atomic mass is 32.2. The molecule has 0 saturated carbocycles. The molecule has 0 radical (unpaired) electrons. The molecule has 0 heterocycles. The van der Waals surface area contributed by atoms with Crippen LogP contribution >= 0.6 is 0 Å². The van der Waals surface area contributed by atoms with Crippen molar-refractivity contribution < 1.29 is 25.6 Å². The molecule has 0 aromatic carbocycles. The zero-order chi connectivity index (χ0) is 16.2. The zero-order valence-corrected chi connectivity index (χ0v) is 14.4. The van der Waals surface area contributed by atoms with Crippen molar-refractivity contribution in [3.63, 3.8) is 0 Å². The fraction of sp³-hybridized carbons (Fsp3) is 1.00. The van der Waals surface area contributed by atoms with Crippen LogP contribution < -0.4 is 0 Å². The van der Waals surface area contributed by atoms with Crippen LogP contribution in [-0.4, -0.2) is 38.0 Å². The highest BCUT2D eigenvalue weighted by molar-refractivity contribution is 7.87. The van der Waals surface area contributed by atoms with Gasteiger partial charge in [0.15, 0.2) is 0 Å². The van der Waals surface area contributed by atoms with Crippen LogP contribution in [0.3, 0.4) is 0 Å². The Morgan fingerprint density at radius 3 is 2.00 bits per heavy atom. The lowest BCUT2D eigenvalue weighted by Gasteiger charge is -2.29. The SMILES string of the molecule is CCC(OS(=O)(=O)CCCC(C)C)C(C)(C)S(=O)(=O)O. The third-order valence-electron chi connectivity index (χ3n) is 3.25. The summed E-state index contributed by atoms with van der Waals surface area (Å²) in [6.45, 7) is 8.09. The quantitative estimate of drug-likeness (QED) is 0.514. The molecule has 20 heavy (non-hydrogen) atoms. The van der Waals surface area contributed by atoms with Crippen LogP contribution in [0.15, 0.2) is 0 Å². The third kappa shape index (κ3) is 6.07. The lowest BCUT2D eigenvalue weighted by Crippen LogP contribution is -2.46. The predicted octanol–water partition coefficient (Wildman–Crippen LogP) is 2.21. The molecule has 6 nitrogen and oxygen atoms in total. The van der Waals surface area contributed by atoms with E-state index in [0.29, 0.717) is 12.3 Å². The van der Waals surface area contributed by atoms with Crippen LogP contribution in [0.5, 0.6) is 0 Å². The Balaban J connectivity index is 4.89. The molecule has 1 unspecified atom stereocenters. The number of rotatable bonds is 9. The fourth-order valence-electron chi connectivity index (χ4n) is 1.74. The van der Waals surface area contributed by atoms with Gasteiger partial charge in [-0.1, -0.05) is 20.8 Å². The summed E-state index contributed by atoms with van der Waals surface area (Å²) in [5.74, 6) is 0.241. The molecule has 0 amide bonds. The molecule has 0 spiro atoms. The molecular formula is C12H26O6S2. The highest BCUT2D eigenvalue weighted by Gasteiger charge is 2.43. The summed E-state index contributed by atoms with van der Waals surface area (Å²) < 4.78 is 58.9. The van der Waals surface area contributed by atoms with Crippen molar-refractivity contribution in [1.29, 1.82) is 0 Å². The van der Waals surface area contributed by atoms with E-state index in [4.69, 9.17) is 4.18 Å². The van der Waals surface area contributed by atoms with Crippen LogP contribution in [-0.2, 0) is 24.4 Å². The summed E-state index contributed by atoms with van der Waals surface area (Å²) >= 11 is 0. The van der Waals surface area contributed by atoms with Gasteiger partial charge >= 0.3 is 0 Å². The maximum absolute atomic E-state index is 11.9. The van der Waals surface area contributed by atoms with Crippen molar-refractivity contribution in [3.05, 3.63) is 0 Å². The van der Waals surface area contributed by atoms with Gasteiger partial charge in [0.05, 0.1) is 11.9 Å². The van der Waals surface area contributed by atoms with Crippen LogP contribution in [0.2, 0.25) is 0 Å². The minimum Gasteiger partial charge on any atom is -0.285 e. The van der Waals surface area contributed by atoms with Crippen molar-refractivity contribution in [1.82, 2.24) is 0 Å². The van der Waals surface area contributed by atoms with Crippen LogP contribution in [0.25, 0.3) is 0 Å². The minimum absolute atomic E-state index is 0.150. The maximum atomic E-state index is 11.9. The first-order valence-electron chi connectivity index (χ1n) is 6.71. The molecule has 1 atom stereocenters. The summed E-state index contributed by atoms with van der Waals surface area (Å²) in [6, 6.07) is 0. The lowest BCUT2D eigenvalue weighted by atomic mass is 10.0. The van der Waals surface area contributed by atoms with Gasteiger partial charge in [-0.15, -0.1) is 0 Å². The average molecular weight is 330 g/mol. The van der Waals surface area contributed by atoms with Crippen molar-refractivity contribution in [3.8, 4) is 0 Å². The Bertz CT molecular complexity index is 490. The Labute approximate surface area is 122 Å². The minimum atomic E-state index is -4.41. The topological polar surface area (TPSA) is 97.7 Å². The molecular weight excluding hydrogens is 304 g/mol. The zero-order valence-electron chi connectivity index (χ0n) is 12.8. The van der Waals surface area contributed by atoms with Gasteiger partial charge in [-0.2, -0.15) is 16.8 Å². The molecule has 0 bridgehead atoms. The molecule has 0 aliphatic heterocycles. The van der Waals surface area contributed by atoms with Crippen molar-refractivity contribution >= 4 is 20.2 Å². The molecule has 8 heteroatoms. The molecule has 0 aromatic heterocycles. The van der Waals surface area contributed by atoms with Crippen molar-refractivity contribution in [2.24, 2.45) is 5.92 Å². The van der Waals surface area contributed by atoms with Gasteiger partial charge in [-0.05, 0) is 39.0 Å². The van der Waals surface area contributed by atoms with E-state index in [9.17, 15) is 21.4 Å². The van der Waals surface area contributed by atoms with Gasteiger partial charge in [-0.3, -0.25) is 8.74 Å². The van der Waals surface area contributed by atoms with E-state index in [1.807, 2.05) is 13.8 Å². The first-order chi connectivity index (χ1) is 8.83. The van der Waals surface area contributed by atoms with Gasteiger partial charge in [0.25, 0.3) is 20.2 Å². The molecule has 0 rings (SSSR count). The van der Waals surface area contributed by atoms with Gasteiger partial charge in [0, 0.05) is 0 Å². The maximum Gasteiger partial charge on any atom is 0.272 e. The second-order valence-corrected chi connectivity index (χ2v) is 9.59. The Morgan fingerprint density at radius 1 is 1.15 bits per heavy atom. The smallest absolute Gasteiger partial charge is 0.272 e. The van der Waals surface area contributed by atoms with Crippen LogP contribution in [0.1, 0.15) is 53.9 Å². The van der Waals surface area contributed by atoms with Crippen LogP contribution in [0, 0.1) is 5.92 Å². The van der Waals surface area contributed by atoms with E-state index >= 15 is 0 Å². The second kappa shape index (κ2) is 7.20. The van der Waals surface area contributed by atoms with Gasteiger partial charge in [-0.25, -0.2) is 0 Å².